The summed E-state index contributed by atoms with van der Waals surface area (Å²) in [5, 5.41) is 0. The highest BCUT2D eigenvalue weighted by Crippen LogP contribution is 1.98. The zero-order valence-electron chi connectivity index (χ0n) is 12.6. The average Bonchev–Trinajstić information content (AvgIpc) is 2.36. The highest BCUT2D eigenvalue weighted by atomic mass is 14.6. The molecule has 0 aromatic carbocycles. The Labute approximate surface area is 103 Å². The predicted molar refractivity (Wildman–Crippen MR) is 77.0 cm³/mol. The van der Waals surface area contributed by atoms with Crippen molar-refractivity contribution in [3.8, 4) is 0 Å². The molecular formula is C15H31N. The van der Waals surface area contributed by atoms with Crippen LogP contribution in [0.3, 0.4) is 0 Å². The third kappa shape index (κ3) is 15.6. The lowest BCUT2D eigenvalue weighted by Gasteiger charge is -1.93. The second-order valence-electron chi connectivity index (χ2n) is 2.87. The number of aromatic nitrogens is 1. The van der Waals surface area contributed by atoms with Gasteiger partial charge in [0, 0.05) is 11.9 Å². The minimum Gasteiger partial charge on any atom is -0.261 e. The topological polar surface area (TPSA) is 12.9 Å². The molecule has 0 aliphatic carbocycles. The van der Waals surface area contributed by atoms with Crippen molar-refractivity contribution >= 4 is 0 Å². The maximum Gasteiger partial charge on any atom is 0.0372 e. The normalized spacial score (nSPS) is 7.25. The molecule has 1 rings (SSSR count). The molecule has 16 heavy (non-hydrogen) atoms. The minimum atomic E-state index is 1.08. The first kappa shape index (κ1) is 20.5. The summed E-state index contributed by atoms with van der Waals surface area (Å²) in [5.41, 5.74) is 2.40. The molecule has 0 N–H and O–H groups in total. The zero-order chi connectivity index (χ0) is 13.4. The van der Waals surface area contributed by atoms with Crippen molar-refractivity contribution in [3.05, 3.63) is 29.6 Å². The van der Waals surface area contributed by atoms with Gasteiger partial charge in [0.05, 0.1) is 0 Å². The molecule has 0 aliphatic heterocycles. The smallest absolute Gasteiger partial charge is 0.0372 e. The van der Waals surface area contributed by atoms with E-state index in [2.05, 4.69) is 31.8 Å². The summed E-state index contributed by atoms with van der Waals surface area (Å²) >= 11 is 0. The van der Waals surface area contributed by atoms with E-state index in [0.717, 1.165) is 12.1 Å². The first-order valence-corrected chi connectivity index (χ1v) is 6.66. The van der Waals surface area contributed by atoms with Crippen LogP contribution in [0.25, 0.3) is 0 Å². The van der Waals surface area contributed by atoms with Gasteiger partial charge in [0.25, 0.3) is 0 Å². The van der Waals surface area contributed by atoms with Gasteiger partial charge in [-0.2, -0.15) is 0 Å². The van der Waals surface area contributed by atoms with Crippen LogP contribution in [-0.4, -0.2) is 4.98 Å². The molecule has 0 amide bonds. The Hall–Kier alpha value is -0.850. The van der Waals surface area contributed by atoms with E-state index in [-0.39, 0.29) is 0 Å². The second-order valence-corrected chi connectivity index (χ2v) is 2.87. The predicted octanol–water partition coefficient (Wildman–Crippen LogP) is 5.42. The molecule has 96 valence electrons. The molecule has 0 fully saturated rings. The molecule has 1 nitrogen and oxygen atoms in total. The van der Waals surface area contributed by atoms with Crippen LogP contribution in [0.5, 0.6) is 0 Å². The Morgan fingerprint density at radius 1 is 0.938 bits per heavy atom. The second kappa shape index (κ2) is 19.7. The van der Waals surface area contributed by atoms with E-state index in [1.165, 1.54) is 12.0 Å². The molecule has 0 saturated carbocycles. The molecule has 0 radical (unpaired) electrons. The van der Waals surface area contributed by atoms with Crippen LogP contribution >= 0.6 is 0 Å². The van der Waals surface area contributed by atoms with Crippen LogP contribution in [0.15, 0.2) is 18.3 Å². The lowest BCUT2D eigenvalue weighted by atomic mass is 10.2. The largest absolute Gasteiger partial charge is 0.261 e. The monoisotopic (exact) mass is 225 g/mol. The van der Waals surface area contributed by atoms with Gasteiger partial charge in [-0.05, 0) is 25.0 Å². The van der Waals surface area contributed by atoms with Gasteiger partial charge >= 0.3 is 0 Å². The summed E-state index contributed by atoms with van der Waals surface area (Å²) in [4.78, 5) is 4.15. The molecule has 0 atom stereocenters. The van der Waals surface area contributed by atoms with Crippen molar-refractivity contribution in [2.24, 2.45) is 0 Å². The van der Waals surface area contributed by atoms with Gasteiger partial charge in [0.1, 0.15) is 0 Å². The Kier molecular flexibility index (Phi) is 25.3. The number of hydrogen-bond donors (Lipinski definition) is 0. The summed E-state index contributed by atoms with van der Waals surface area (Å²) in [6, 6.07) is 4.15. The van der Waals surface area contributed by atoms with Gasteiger partial charge in [0.15, 0.2) is 0 Å². The van der Waals surface area contributed by atoms with E-state index < -0.39 is 0 Å². The Balaban J connectivity index is -0.000000206. The first-order chi connectivity index (χ1) is 7.74. The van der Waals surface area contributed by atoms with Crippen molar-refractivity contribution in [2.75, 3.05) is 0 Å². The number of aryl methyl sites for hydroxylation is 2. The van der Waals surface area contributed by atoms with Gasteiger partial charge < -0.3 is 0 Å². The maximum absolute atomic E-state index is 4.15. The van der Waals surface area contributed by atoms with Crippen LogP contribution in [-0.2, 0) is 6.42 Å². The van der Waals surface area contributed by atoms with Crippen LogP contribution < -0.4 is 0 Å². The van der Waals surface area contributed by atoms with E-state index in [4.69, 9.17) is 0 Å². The Bertz CT molecular complexity index is 189. The standard InChI is InChI=1S/C8H11N.C3H8.2C2H6/c1-3-8-5-4-7(2)9-6-8;1-3-2;2*1-2/h4-6H,3H2,1-2H3;3H2,1-2H3;2*1-2H3. The van der Waals surface area contributed by atoms with Crippen LogP contribution in [0.2, 0.25) is 0 Å². The fourth-order valence-corrected chi connectivity index (χ4v) is 0.708. The number of nitrogens with zero attached hydrogens (tertiary/aromatic N) is 1. The van der Waals surface area contributed by atoms with Gasteiger partial charge in [-0.25, -0.2) is 0 Å². The van der Waals surface area contributed by atoms with E-state index in [9.17, 15) is 0 Å². The summed E-state index contributed by atoms with van der Waals surface area (Å²) in [7, 11) is 0. The zero-order valence-corrected chi connectivity index (χ0v) is 12.6. The highest BCUT2D eigenvalue weighted by Gasteiger charge is 1.86. The van der Waals surface area contributed by atoms with Crippen LogP contribution in [0, 0.1) is 6.92 Å². The fraction of sp³-hybridized carbons (Fsp3) is 0.667. The molecule has 0 bridgehead atoms. The molecule has 1 heteroatoms. The number of hydrogen-bond acceptors (Lipinski definition) is 1. The lowest BCUT2D eigenvalue weighted by molar-refractivity contribution is 1.08. The molecular weight excluding hydrogens is 194 g/mol. The van der Waals surface area contributed by atoms with Crippen molar-refractivity contribution in [1.82, 2.24) is 4.98 Å². The van der Waals surface area contributed by atoms with Gasteiger partial charge in [-0.3, -0.25) is 4.98 Å². The Morgan fingerprint density at radius 3 is 1.62 bits per heavy atom. The summed E-state index contributed by atoms with van der Waals surface area (Å²) in [5.74, 6) is 0. The molecule has 0 saturated heterocycles. The third-order valence-corrected chi connectivity index (χ3v) is 1.38. The molecule has 1 aromatic rings. The number of rotatable bonds is 1. The van der Waals surface area contributed by atoms with E-state index in [1.807, 2.05) is 46.9 Å². The highest BCUT2D eigenvalue weighted by molar-refractivity contribution is 5.12. The average molecular weight is 225 g/mol. The maximum atomic E-state index is 4.15. The Morgan fingerprint density at radius 2 is 1.38 bits per heavy atom. The van der Waals surface area contributed by atoms with Gasteiger partial charge in [-0.15, -0.1) is 0 Å². The lowest BCUT2D eigenvalue weighted by Crippen LogP contribution is -1.83. The van der Waals surface area contributed by atoms with Crippen molar-refractivity contribution in [2.45, 2.75) is 68.2 Å². The third-order valence-electron chi connectivity index (χ3n) is 1.38. The SMILES string of the molecule is CC.CC.CCC.CCc1ccc(C)nc1. The van der Waals surface area contributed by atoms with E-state index in [1.54, 1.807) is 0 Å². The van der Waals surface area contributed by atoms with Crippen molar-refractivity contribution in [3.63, 3.8) is 0 Å². The minimum absolute atomic E-state index is 1.08. The summed E-state index contributed by atoms with van der Waals surface area (Å²) < 4.78 is 0. The first-order valence-electron chi connectivity index (χ1n) is 6.66. The van der Waals surface area contributed by atoms with Gasteiger partial charge in [0.2, 0.25) is 0 Å². The van der Waals surface area contributed by atoms with E-state index in [0.29, 0.717) is 0 Å². The van der Waals surface area contributed by atoms with Crippen molar-refractivity contribution < 1.29 is 0 Å². The summed E-state index contributed by atoms with van der Waals surface area (Å²) in [6.07, 6.45) is 4.25. The molecule has 0 unspecified atom stereocenters. The van der Waals surface area contributed by atoms with Crippen LogP contribution in [0.4, 0.5) is 0 Å². The molecule has 0 spiro atoms. The number of pyridine rings is 1. The molecule has 0 aliphatic rings. The van der Waals surface area contributed by atoms with Crippen molar-refractivity contribution in [1.29, 1.82) is 0 Å². The van der Waals surface area contributed by atoms with Crippen LogP contribution in [0.1, 0.15) is 66.1 Å². The van der Waals surface area contributed by atoms with E-state index >= 15 is 0 Å². The fourth-order valence-electron chi connectivity index (χ4n) is 0.708. The van der Waals surface area contributed by atoms with Gasteiger partial charge in [-0.1, -0.05) is 61.0 Å². The summed E-state index contributed by atoms with van der Waals surface area (Å²) in [6.45, 7) is 16.4. The molecule has 1 aromatic heterocycles. The molecule has 1 heterocycles. The quantitative estimate of drug-likeness (QED) is 0.622.